The Kier molecular flexibility index (Phi) is 6.29. The van der Waals surface area contributed by atoms with Gasteiger partial charge in [-0.05, 0) is 24.3 Å². The Bertz CT molecular complexity index is 1690. The van der Waals surface area contributed by atoms with Crippen molar-refractivity contribution in [2.75, 3.05) is 10.6 Å². The van der Waals surface area contributed by atoms with Gasteiger partial charge in [-0.15, -0.1) is 5.10 Å². The van der Waals surface area contributed by atoms with Crippen molar-refractivity contribution in [3.05, 3.63) is 89.0 Å². The number of rotatable bonds is 5. The van der Waals surface area contributed by atoms with Crippen LogP contribution in [0.25, 0.3) is 16.9 Å². The molecule has 0 radical (unpaired) electrons. The van der Waals surface area contributed by atoms with Crippen LogP contribution < -0.4 is 20.9 Å². The highest BCUT2D eigenvalue weighted by molar-refractivity contribution is 5.99. The quantitative estimate of drug-likeness (QED) is 0.307. The van der Waals surface area contributed by atoms with Gasteiger partial charge >= 0.3 is 6.03 Å². The number of halogens is 1. The van der Waals surface area contributed by atoms with Crippen molar-refractivity contribution in [1.29, 1.82) is 0 Å². The molecule has 2 aromatic carbocycles. The van der Waals surface area contributed by atoms with Crippen LogP contribution in [0.1, 0.15) is 26.6 Å². The number of H-pyrrole nitrogens is 1. The Morgan fingerprint density at radius 1 is 1.05 bits per heavy atom. The van der Waals surface area contributed by atoms with Crippen LogP contribution in [0.5, 0.6) is 11.5 Å². The number of aromatic nitrogens is 6. The molecule has 0 aliphatic carbocycles. The molecule has 11 nitrogen and oxygen atoms in total. The van der Waals surface area contributed by atoms with E-state index in [0.29, 0.717) is 17.0 Å². The van der Waals surface area contributed by atoms with Crippen LogP contribution in [0.4, 0.5) is 20.8 Å². The maximum absolute atomic E-state index is 14.9. The summed E-state index contributed by atoms with van der Waals surface area (Å²) in [5.41, 5.74) is 0.424. The molecule has 0 unspecified atom stereocenters. The Morgan fingerprint density at radius 2 is 1.84 bits per heavy atom. The van der Waals surface area contributed by atoms with E-state index in [1.807, 2.05) is 51.1 Å². The van der Waals surface area contributed by atoms with Crippen molar-refractivity contribution in [3.8, 4) is 17.2 Å². The number of aromatic amines is 1. The van der Waals surface area contributed by atoms with Crippen LogP contribution in [0.2, 0.25) is 0 Å². The van der Waals surface area contributed by atoms with E-state index in [1.54, 1.807) is 6.07 Å². The number of pyridine rings is 1. The van der Waals surface area contributed by atoms with Crippen molar-refractivity contribution < 1.29 is 13.9 Å². The van der Waals surface area contributed by atoms with Crippen molar-refractivity contribution in [2.45, 2.75) is 26.2 Å². The predicted octanol–water partition coefficient (Wildman–Crippen LogP) is 4.77. The lowest BCUT2D eigenvalue weighted by molar-refractivity contribution is 0.262. The number of hydrogen-bond donors (Lipinski definition) is 3. The van der Waals surface area contributed by atoms with Gasteiger partial charge in [-0.25, -0.2) is 19.2 Å². The molecule has 38 heavy (non-hydrogen) atoms. The van der Waals surface area contributed by atoms with E-state index in [9.17, 15) is 14.0 Å². The fourth-order valence-corrected chi connectivity index (χ4v) is 3.51. The van der Waals surface area contributed by atoms with Gasteiger partial charge in [0.05, 0.1) is 17.6 Å². The van der Waals surface area contributed by atoms with E-state index in [2.05, 4.69) is 35.7 Å². The standard InChI is InChI=1S/C26H23FN8O3/c1-26(2,3)23-32-24(35(34-23)15-7-5-4-6-8-15)33-25(37)30-18-10-9-16(13-17(18)27)38-19-11-12-28-22-21(19)29-14-20(36)31-22/h4-14H,1-3H3,(H,28,31,36)(H2,30,32,33,34,37). The van der Waals surface area contributed by atoms with E-state index in [0.717, 1.165) is 12.3 Å². The zero-order valence-electron chi connectivity index (χ0n) is 20.7. The zero-order valence-corrected chi connectivity index (χ0v) is 20.7. The fraction of sp³-hybridized carbons (Fsp3) is 0.154. The topological polar surface area (TPSA) is 140 Å². The number of hydrogen-bond acceptors (Lipinski definition) is 7. The molecule has 192 valence electrons. The summed E-state index contributed by atoms with van der Waals surface area (Å²) in [6, 6.07) is 14.1. The molecule has 0 spiro atoms. The van der Waals surface area contributed by atoms with Gasteiger partial charge in [0, 0.05) is 23.7 Å². The van der Waals surface area contributed by atoms with Gasteiger partial charge in [0.15, 0.2) is 17.2 Å². The molecule has 0 bridgehead atoms. The van der Waals surface area contributed by atoms with Gasteiger partial charge in [0.2, 0.25) is 5.95 Å². The second kappa shape index (κ2) is 9.73. The summed E-state index contributed by atoms with van der Waals surface area (Å²) in [6.45, 7) is 5.89. The van der Waals surface area contributed by atoms with Crippen LogP contribution in [-0.2, 0) is 5.41 Å². The highest BCUT2D eigenvalue weighted by Crippen LogP contribution is 2.29. The number of anilines is 2. The van der Waals surface area contributed by atoms with Crippen LogP contribution in [0.15, 0.2) is 71.8 Å². The summed E-state index contributed by atoms with van der Waals surface area (Å²) in [7, 11) is 0. The monoisotopic (exact) mass is 514 g/mol. The number of carbonyl (C=O) groups excluding carboxylic acids is 1. The van der Waals surface area contributed by atoms with Gasteiger partial charge in [0.1, 0.15) is 17.1 Å². The first-order valence-electron chi connectivity index (χ1n) is 11.6. The Morgan fingerprint density at radius 3 is 2.58 bits per heavy atom. The number of nitrogens with one attached hydrogen (secondary N) is 3. The molecule has 5 aromatic rings. The summed E-state index contributed by atoms with van der Waals surface area (Å²) < 4.78 is 22.2. The number of fused-ring (bicyclic) bond motifs is 1. The van der Waals surface area contributed by atoms with Gasteiger partial charge in [-0.3, -0.25) is 10.1 Å². The number of amides is 2. The van der Waals surface area contributed by atoms with Crippen LogP contribution >= 0.6 is 0 Å². The van der Waals surface area contributed by atoms with Crippen LogP contribution in [0.3, 0.4) is 0 Å². The number of ether oxygens (including phenoxy) is 1. The van der Waals surface area contributed by atoms with Crippen LogP contribution in [0, 0.1) is 5.82 Å². The first kappa shape index (κ1) is 24.6. The first-order valence-corrected chi connectivity index (χ1v) is 11.6. The largest absolute Gasteiger partial charge is 0.455 e. The van der Waals surface area contributed by atoms with Crippen molar-refractivity contribution in [1.82, 2.24) is 29.7 Å². The molecule has 12 heteroatoms. The molecule has 3 N–H and O–H groups in total. The molecule has 0 aliphatic heterocycles. The molecule has 5 rings (SSSR count). The predicted molar refractivity (Wildman–Crippen MR) is 139 cm³/mol. The molecule has 0 saturated carbocycles. The SMILES string of the molecule is CC(C)(C)c1nc(NC(=O)Nc2ccc(Oc3ccnc4[nH]c(=O)cnc34)cc2F)n(-c2ccccc2)n1. The normalized spacial score (nSPS) is 11.4. The first-order chi connectivity index (χ1) is 18.2. The third kappa shape index (κ3) is 5.19. The minimum atomic E-state index is -0.725. The summed E-state index contributed by atoms with van der Waals surface area (Å²) >= 11 is 0. The molecular formula is C26H23FN8O3. The Balaban J connectivity index is 1.34. The molecular weight excluding hydrogens is 491 g/mol. The average Bonchev–Trinajstić information content (AvgIpc) is 3.30. The number of para-hydroxylation sites is 1. The summed E-state index contributed by atoms with van der Waals surface area (Å²) in [5, 5.41) is 9.69. The van der Waals surface area contributed by atoms with E-state index >= 15 is 0 Å². The third-order valence-corrected chi connectivity index (χ3v) is 5.36. The molecule has 3 heterocycles. The lowest BCUT2D eigenvalue weighted by atomic mass is 9.96. The summed E-state index contributed by atoms with van der Waals surface area (Å²) in [6.07, 6.45) is 2.54. The van der Waals surface area contributed by atoms with Gasteiger partial charge in [-0.2, -0.15) is 9.67 Å². The minimum absolute atomic E-state index is 0.0706. The van der Waals surface area contributed by atoms with Crippen molar-refractivity contribution in [3.63, 3.8) is 0 Å². The van der Waals surface area contributed by atoms with Gasteiger partial charge in [0.25, 0.3) is 5.56 Å². The molecule has 0 saturated heterocycles. The highest BCUT2D eigenvalue weighted by atomic mass is 19.1. The lowest BCUT2D eigenvalue weighted by Crippen LogP contribution is -2.22. The third-order valence-electron chi connectivity index (χ3n) is 5.36. The molecule has 0 aliphatic rings. The van der Waals surface area contributed by atoms with Crippen molar-refractivity contribution in [2.24, 2.45) is 0 Å². The molecule has 0 fully saturated rings. The summed E-state index contributed by atoms with van der Waals surface area (Å²) in [4.78, 5) is 39.4. The zero-order chi connectivity index (χ0) is 26.9. The molecule has 3 aromatic heterocycles. The minimum Gasteiger partial charge on any atom is -0.455 e. The molecule has 2 amide bonds. The second-order valence-electron chi connectivity index (χ2n) is 9.33. The number of nitrogens with zero attached hydrogens (tertiary/aromatic N) is 5. The van der Waals surface area contributed by atoms with Gasteiger partial charge in [-0.1, -0.05) is 39.0 Å². The Hall–Kier alpha value is -5.13. The highest BCUT2D eigenvalue weighted by Gasteiger charge is 2.23. The smallest absolute Gasteiger partial charge is 0.326 e. The van der Waals surface area contributed by atoms with Gasteiger partial charge < -0.3 is 15.0 Å². The fourth-order valence-electron chi connectivity index (χ4n) is 3.51. The molecule has 0 atom stereocenters. The number of urea groups is 1. The summed E-state index contributed by atoms with van der Waals surface area (Å²) in [5.74, 6) is 0.435. The number of carbonyl (C=O) groups is 1. The Labute approximate surface area is 215 Å². The van der Waals surface area contributed by atoms with Crippen molar-refractivity contribution >= 4 is 28.8 Å². The maximum atomic E-state index is 14.9. The lowest BCUT2D eigenvalue weighted by Gasteiger charge is -2.12. The van der Waals surface area contributed by atoms with E-state index in [1.165, 1.54) is 23.0 Å². The van der Waals surface area contributed by atoms with Crippen LogP contribution in [-0.4, -0.2) is 35.7 Å². The van der Waals surface area contributed by atoms with E-state index < -0.39 is 17.4 Å². The second-order valence-corrected chi connectivity index (χ2v) is 9.33. The maximum Gasteiger partial charge on any atom is 0.326 e. The van der Waals surface area contributed by atoms with E-state index in [4.69, 9.17) is 4.74 Å². The number of benzene rings is 2. The average molecular weight is 515 g/mol. The van der Waals surface area contributed by atoms with E-state index in [-0.39, 0.29) is 34.2 Å².